The van der Waals surface area contributed by atoms with Crippen molar-refractivity contribution in [2.24, 2.45) is 0 Å². The lowest BCUT2D eigenvalue weighted by atomic mass is 10.2. The smallest absolute Gasteiger partial charge is 0.270 e. The van der Waals surface area contributed by atoms with Gasteiger partial charge < -0.3 is 0 Å². The van der Waals surface area contributed by atoms with Crippen LogP contribution in [-0.4, -0.2) is 21.8 Å². The second-order valence-electron chi connectivity index (χ2n) is 6.57. The van der Waals surface area contributed by atoms with Crippen molar-refractivity contribution in [1.29, 1.82) is 0 Å². The summed E-state index contributed by atoms with van der Waals surface area (Å²) in [5.74, 6) is 0. The van der Waals surface area contributed by atoms with Crippen LogP contribution in [0.3, 0.4) is 0 Å². The lowest BCUT2D eigenvalue weighted by molar-refractivity contribution is -0.385. The zero-order valence-electron chi connectivity index (χ0n) is 16.2. The summed E-state index contributed by atoms with van der Waals surface area (Å²) in [4.78, 5) is 10.00. The average Bonchev–Trinajstić information content (AvgIpc) is 2.68. The molecule has 0 aliphatic carbocycles. The molecule has 3 aromatic rings. The number of nitrogens with zero attached hydrogens (tertiary/aromatic N) is 1. The first-order chi connectivity index (χ1) is 14.9. The Morgan fingerprint density at radius 1 is 0.781 bits per heavy atom. The third kappa shape index (κ3) is 5.46. The SMILES string of the molecule is Cc1cc(NS(=O)(=O)c2ccc([N+](=O)[O-])cc2Br)ccc1S(=O)(=O)Nc1ccc(Br)cc1. The van der Waals surface area contributed by atoms with Gasteiger partial charge in [0.1, 0.15) is 4.90 Å². The van der Waals surface area contributed by atoms with Gasteiger partial charge in [-0.15, -0.1) is 0 Å². The molecule has 13 heteroatoms. The molecule has 168 valence electrons. The fourth-order valence-corrected chi connectivity index (χ4v) is 6.44. The molecule has 0 amide bonds. The number of nitrogens with one attached hydrogen (secondary N) is 2. The Balaban J connectivity index is 1.86. The second-order valence-corrected chi connectivity index (χ2v) is 11.6. The fourth-order valence-electron chi connectivity index (χ4n) is 2.77. The normalized spacial score (nSPS) is 11.7. The Morgan fingerprint density at radius 3 is 1.88 bits per heavy atom. The molecule has 0 unspecified atom stereocenters. The third-order valence-electron chi connectivity index (χ3n) is 4.23. The van der Waals surface area contributed by atoms with E-state index in [1.54, 1.807) is 24.3 Å². The first-order valence-electron chi connectivity index (χ1n) is 8.75. The second kappa shape index (κ2) is 9.17. The number of nitro groups is 1. The van der Waals surface area contributed by atoms with Crippen LogP contribution in [0, 0.1) is 17.0 Å². The quantitative estimate of drug-likeness (QED) is 0.287. The molecule has 0 fully saturated rings. The van der Waals surface area contributed by atoms with Crippen LogP contribution in [0.15, 0.2) is 79.4 Å². The van der Waals surface area contributed by atoms with Gasteiger partial charge in [0.05, 0.1) is 9.82 Å². The molecule has 0 aromatic heterocycles. The maximum absolute atomic E-state index is 12.7. The summed E-state index contributed by atoms with van der Waals surface area (Å²) in [6.07, 6.45) is 0. The van der Waals surface area contributed by atoms with Gasteiger partial charge >= 0.3 is 0 Å². The van der Waals surface area contributed by atoms with Crippen LogP contribution in [0.2, 0.25) is 0 Å². The van der Waals surface area contributed by atoms with Crippen molar-refractivity contribution in [3.05, 3.63) is 85.3 Å². The van der Waals surface area contributed by atoms with Crippen LogP contribution in [0.25, 0.3) is 0 Å². The monoisotopic (exact) mass is 603 g/mol. The number of non-ortho nitro benzene ring substituents is 1. The van der Waals surface area contributed by atoms with Crippen molar-refractivity contribution in [2.45, 2.75) is 16.7 Å². The Morgan fingerprint density at radius 2 is 1.31 bits per heavy atom. The molecular weight excluding hydrogens is 590 g/mol. The molecule has 2 N–H and O–H groups in total. The molecular formula is C19H15Br2N3O6S2. The van der Waals surface area contributed by atoms with Crippen molar-refractivity contribution in [2.75, 3.05) is 9.44 Å². The first kappa shape index (κ1) is 24.2. The van der Waals surface area contributed by atoms with E-state index in [9.17, 15) is 26.9 Å². The number of benzene rings is 3. The van der Waals surface area contributed by atoms with Gasteiger partial charge in [-0.1, -0.05) is 15.9 Å². The van der Waals surface area contributed by atoms with Crippen LogP contribution in [0.1, 0.15) is 5.56 Å². The van der Waals surface area contributed by atoms with Crippen molar-refractivity contribution in [3.8, 4) is 0 Å². The standard InChI is InChI=1S/C19H15Br2N3O6S2/c1-12-10-15(23-32(29,30)19-9-7-16(24(25)26)11-17(19)21)6-8-18(12)31(27,28)22-14-4-2-13(20)3-5-14/h2-11,22-23H,1H3. The summed E-state index contributed by atoms with van der Waals surface area (Å²) in [6, 6.07) is 13.9. The van der Waals surface area contributed by atoms with Crippen LogP contribution >= 0.6 is 31.9 Å². The fraction of sp³-hybridized carbons (Fsp3) is 0.0526. The van der Waals surface area contributed by atoms with Gasteiger partial charge in [-0.05, 0) is 76.9 Å². The van der Waals surface area contributed by atoms with E-state index < -0.39 is 25.0 Å². The minimum atomic E-state index is -4.09. The van der Waals surface area contributed by atoms with Gasteiger partial charge in [0, 0.05) is 32.5 Å². The summed E-state index contributed by atoms with van der Waals surface area (Å²) < 4.78 is 56.6. The summed E-state index contributed by atoms with van der Waals surface area (Å²) in [6.45, 7) is 1.54. The number of aryl methyl sites for hydroxylation is 1. The predicted molar refractivity (Wildman–Crippen MR) is 128 cm³/mol. The topological polar surface area (TPSA) is 135 Å². The molecule has 0 atom stereocenters. The van der Waals surface area contributed by atoms with Crippen molar-refractivity contribution >= 4 is 69.0 Å². The van der Waals surface area contributed by atoms with Gasteiger partial charge in [0.25, 0.3) is 25.7 Å². The highest BCUT2D eigenvalue weighted by Crippen LogP contribution is 2.29. The van der Waals surface area contributed by atoms with E-state index in [4.69, 9.17) is 0 Å². The maximum Gasteiger partial charge on any atom is 0.270 e. The Bertz CT molecular complexity index is 1410. The predicted octanol–water partition coefficient (Wildman–Crippen LogP) is 5.03. The van der Waals surface area contributed by atoms with Crippen LogP contribution in [-0.2, 0) is 20.0 Å². The molecule has 32 heavy (non-hydrogen) atoms. The first-order valence-corrected chi connectivity index (χ1v) is 13.3. The van der Waals surface area contributed by atoms with Gasteiger partial charge in [-0.25, -0.2) is 16.8 Å². The highest BCUT2D eigenvalue weighted by molar-refractivity contribution is 9.10. The molecule has 0 radical (unpaired) electrons. The highest BCUT2D eigenvalue weighted by Gasteiger charge is 2.22. The van der Waals surface area contributed by atoms with Gasteiger partial charge in [0.15, 0.2) is 0 Å². The molecule has 0 aliphatic rings. The van der Waals surface area contributed by atoms with Crippen molar-refractivity contribution in [1.82, 2.24) is 0 Å². The number of rotatable bonds is 7. The van der Waals surface area contributed by atoms with Gasteiger partial charge in [0.2, 0.25) is 0 Å². The van der Waals surface area contributed by atoms with Crippen molar-refractivity contribution in [3.63, 3.8) is 0 Å². The van der Waals surface area contributed by atoms with E-state index in [-0.39, 0.29) is 25.6 Å². The average molecular weight is 605 g/mol. The Labute approximate surface area is 201 Å². The number of nitro benzene ring substituents is 1. The van der Waals surface area contributed by atoms with E-state index in [1.807, 2.05) is 0 Å². The highest BCUT2D eigenvalue weighted by atomic mass is 79.9. The number of anilines is 2. The van der Waals surface area contributed by atoms with Crippen LogP contribution in [0.4, 0.5) is 17.1 Å². The van der Waals surface area contributed by atoms with Gasteiger partial charge in [-0.2, -0.15) is 0 Å². The van der Waals surface area contributed by atoms with E-state index in [0.29, 0.717) is 11.3 Å². The molecule has 3 aromatic carbocycles. The van der Waals surface area contributed by atoms with Crippen molar-refractivity contribution < 1.29 is 21.8 Å². The van der Waals surface area contributed by atoms with E-state index >= 15 is 0 Å². The Kier molecular flexibility index (Phi) is 6.93. The van der Waals surface area contributed by atoms with E-state index in [0.717, 1.165) is 22.7 Å². The lowest BCUT2D eigenvalue weighted by Crippen LogP contribution is -2.16. The Hall–Kier alpha value is -2.48. The third-order valence-corrected chi connectivity index (χ3v) is 8.66. The van der Waals surface area contributed by atoms with Crippen LogP contribution in [0.5, 0.6) is 0 Å². The minimum absolute atomic E-state index is 0.0140. The molecule has 9 nitrogen and oxygen atoms in total. The number of halogens is 2. The molecule has 0 bridgehead atoms. The zero-order valence-corrected chi connectivity index (χ0v) is 21.0. The minimum Gasteiger partial charge on any atom is -0.280 e. The largest absolute Gasteiger partial charge is 0.280 e. The number of hydrogen-bond acceptors (Lipinski definition) is 6. The molecule has 0 aliphatic heterocycles. The molecule has 0 spiro atoms. The summed E-state index contributed by atoms with van der Waals surface area (Å²) >= 11 is 6.32. The van der Waals surface area contributed by atoms with Gasteiger partial charge in [-0.3, -0.25) is 19.6 Å². The van der Waals surface area contributed by atoms with E-state index in [1.165, 1.54) is 25.1 Å². The van der Waals surface area contributed by atoms with Crippen LogP contribution < -0.4 is 9.44 Å². The molecule has 0 saturated carbocycles. The zero-order chi connectivity index (χ0) is 23.7. The molecule has 3 rings (SSSR count). The molecule has 0 saturated heterocycles. The summed E-state index contributed by atoms with van der Waals surface area (Å²) in [5.41, 5.74) is 0.563. The van der Waals surface area contributed by atoms with E-state index in [2.05, 4.69) is 41.3 Å². The summed E-state index contributed by atoms with van der Waals surface area (Å²) in [5, 5.41) is 10.8. The number of sulfonamides is 2. The number of hydrogen-bond donors (Lipinski definition) is 2. The maximum atomic E-state index is 12.7. The lowest BCUT2D eigenvalue weighted by Gasteiger charge is -2.13. The molecule has 0 heterocycles. The summed E-state index contributed by atoms with van der Waals surface area (Å²) in [7, 11) is -8.00.